The fourth-order valence-corrected chi connectivity index (χ4v) is 3.65. The van der Waals surface area contributed by atoms with Crippen LogP contribution in [0.3, 0.4) is 0 Å². The predicted molar refractivity (Wildman–Crippen MR) is 101 cm³/mol. The second-order valence-electron chi connectivity index (χ2n) is 7.24. The summed E-state index contributed by atoms with van der Waals surface area (Å²) in [7, 11) is 0. The van der Waals surface area contributed by atoms with Gasteiger partial charge in [0.1, 0.15) is 11.6 Å². The maximum atomic E-state index is 13.8. The zero-order valence-corrected chi connectivity index (χ0v) is 15.9. The first-order valence-corrected chi connectivity index (χ1v) is 9.70. The molecule has 144 valence electrons. The first kappa shape index (κ1) is 19.0. The van der Waals surface area contributed by atoms with Gasteiger partial charge in [0, 0.05) is 25.2 Å². The summed E-state index contributed by atoms with van der Waals surface area (Å²) in [4.78, 5) is 4.78. The quantitative estimate of drug-likeness (QED) is 0.576. The van der Waals surface area contributed by atoms with Crippen molar-refractivity contribution < 1.29 is 13.9 Å². The van der Waals surface area contributed by atoms with Gasteiger partial charge in [-0.2, -0.15) is 0 Å². The highest BCUT2D eigenvalue weighted by Gasteiger charge is 2.34. The molecule has 1 aliphatic heterocycles. The number of nitrogens with one attached hydrogen (secondary N) is 2. The normalized spacial score (nSPS) is 18.5. The Hall–Kier alpha value is -1.82. The van der Waals surface area contributed by atoms with Crippen molar-refractivity contribution >= 4 is 5.96 Å². The molecule has 1 aromatic carbocycles. The van der Waals surface area contributed by atoms with E-state index in [4.69, 9.17) is 14.5 Å². The molecule has 3 rings (SSSR count). The summed E-state index contributed by atoms with van der Waals surface area (Å²) >= 11 is 0. The third-order valence-electron chi connectivity index (χ3n) is 5.52. The maximum absolute atomic E-state index is 13.8. The SMILES string of the molecule is CCNC(=NCC1(CC)CCC1)NCCc1cc(F)cc2c1OCOC2. The fraction of sp³-hybridized carbons (Fsp3) is 0.650. The first-order chi connectivity index (χ1) is 12.7. The van der Waals surface area contributed by atoms with Gasteiger partial charge in [0.15, 0.2) is 12.8 Å². The Morgan fingerprint density at radius 3 is 2.81 bits per heavy atom. The van der Waals surface area contributed by atoms with Gasteiger partial charge in [-0.3, -0.25) is 4.99 Å². The summed E-state index contributed by atoms with van der Waals surface area (Å²) in [5, 5.41) is 6.67. The van der Waals surface area contributed by atoms with E-state index >= 15 is 0 Å². The van der Waals surface area contributed by atoms with Gasteiger partial charge in [0.2, 0.25) is 0 Å². The highest BCUT2D eigenvalue weighted by atomic mass is 19.1. The molecule has 26 heavy (non-hydrogen) atoms. The van der Waals surface area contributed by atoms with Gasteiger partial charge in [-0.25, -0.2) is 4.39 Å². The molecular weight excluding hydrogens is 333 g/mol. The van der Waals surface area contributed by atoms with Crippen LogP contribution in [0.4, 0.5) is 4.39 Å². The summed E-state index contributed by atoms with van der Waals surface area (Å²) in [6, 6.07) is 3.04. The van der Waals surface area contributed by atoms with Crippen LogP contribution in [0.1, 0.15) is 50.7 Å². The topological polar surface area (TPSA) is 54.9 Å². The Balaban J connectivity index is 1.59. The predicted octanol–water partition coefficient (Wildman–Crippen LogP) is 3.37. The number of rotatable bonds is 7. The van der Waals surface area contributed by atoms with E-state index in [9.17, 15) is 4.39 Å². The van der Waals surface area contributed by atoms with E-state index in [0.29, 0.717) is 25.0 Å². The van der Waals surface area contributed by atoms with Crippen molar-refractivity contribution in [1.29, 1.82) is 0 Å². The Labute approximate surface area is 155 Å². The zero-order valence-electron chi connectivity index (χ0n) is 15.9. The molecular formula is C20H30FN3O2. The molecule has 6 heteroatoms. The van der Waals surface area contributed by atoms with E-state index in [1.165, 1.54) is 31.7 Å². The lowest BCUT2D eigenvalue weighted by Crippen LogP contribution is -2.40. The van der Waals surface area contributed by atoms with Gasteiger partial charge < -0.3 is 20.1 Å². The van der Waals surface area contributed by atoms with E-state index in [0.717, 1.165) is 35.9 Å². The van der Waals surface area contributed by atoms with Crippen molar-refractivity contribution in [3.8, 4) is 5.75 Å². The van der Waals surface area contributed by atoms with Crippen LogP contribution >= 0.6 is 0 Å². The summed E-state index contributed by atoms with van der Waals surface area (Å²) in [6.07, 6.45) is 5.73. The third kappa shape index (κ3) is 4.47. The Bertz CT molecular complexity index is 639. The zero-order chi connectivity index (χ0) is 18.4. The van der Waals surface area contributed by atoms with Gasteiger partial charge in [-0.1, -0.05) is 13.3 Å². The Kier molecular flexibility index (Phi) is 6.35. The number of fused-ring (bicyclic) bond motifs is 1. The van der Waals surface area contributed by atoms with E-state index < -0.39 is 0 Å². The maximum Gasteiger partial charge on any atom is 0.191 e. The number of nitrogens with zero attached hydrogens (tertiary/aromatic N) is 1. The second kappa shape index (κ2) is 8.71. The molecule has 2 aliphatic rings. The largest absolute Gasteiger partial charge is 0.467 e. The van der Waals surface area contributed by atoms with Crippen LogP contribution in [-0.4, -0.2) is 32.4 Å². The fourth-order valence-electron chi connectivity index (χ4n) is 3.65. The van der Waals surface area contributed by atoms with E-state index in [-0.39, 0.29) is 12.6 Å². The minimum absolute atomic E-state index is 0.224. The van der Waals surface area contributed by atoms with Gasteiger partial charge in [0.05, 0.1) is 6.61 Å². The second-order valence-corrected chi connectivity index (χ2v) is 7.24. The Morgan fingerprint density at radius 2 is 2.12 bits per heavy atom. The van der Waals surface area contributed by atoms with E-state index in [1.54, 1.807) is 6.07 Å². The lowest BCUT2D eigenvalue weighted by Gasteiger charge is -2.40. The van der Waals surface area contributed by atoms with Gasteiger partial charge in [-0.15, -0.1) is 0 Å². The monoisotopic (exact) mass is 363 g/mol. The number of aliphatic imine (C=N–C) groups is 1. The van der Waals surface area contributed by atoms with Crippen molar-refractivity contribution in [2.45, 2.75) is 52.6 Å². The molecule has 1 fully saturated rings. The molecule has 2 N–H and O–H groups in total. The molecule has 0 spiro atoms. The third-order valence-corrected chi connectivity index (χ3v) is 5.52. The van der Waals surface area contributed by atoms with Crippen LogP contribution < -0.4 is 15.4 Å². The summed E-state index contributed by atoms with van der Waals surface area (Å²) < 4.78 is 24.6. The standard InChI is InChI=1S/C20H30FN3O2/c1-3-20(7-5-8-20)13-24-19(22-4-2)23-9-6-15-10-17(21)11-16-12-25-14-26-18(15)16/h10-11H,3-9,12-14H2,1-2H3,(H2,22,23,24). The van der Waals surface area contributed by atoms with Crippen LogP contribution in [0.25, 0.3) is 0 Å². The van der Waals surface area contributed by atoms with Gasteiger partial charge in [0.25, 0.3) is 0 Å². The number of halogens is 1. The lowest BCUT2D eigenvalue weighted by molar-refractivity contribution is -0.0172. The Morgan fingerprint density at radius 1 is 1.27 bits per heavy atom. The number of ether oxygens (including phenoxy) is 2. The molecule has 1 heterocycles. The molecule has 0 atom stereocenters. The number of benzene rings is 1. The molecule has 1 saturated carbocycles. The number of hydrogen-bond donors (Lipinski definition) is 2. The first-order valence-electron chi connectivity index (χ1n) is 9.70. The molecule has 0 unspecified atom stereocenters. The van der Waals surface area contributed by atoms with Crippen molar-refractivity contribution in [2.24, 2.45) is 10.4 Å². The minimum atomic E-state index is -0.247. The molecule has 0 bridgehead atoms. The lowest BCUT2D eigenvalue weighted by atomic mass is 9.67. The van der Waals surface area contributed by atoms with Crippen LogP contribution in [0.5, 0.6) is 5.75 Å². The van der Waals surface area contributed by atoms with Crippen molar-refractivity contribution in [2.75, 3.05) is 26.4 Å². The van der Waals surface area contributed by atoms with E-state index in [1.807, 2.05) is 0 Å². The van der Waals surface area contributed by atoms with Crippen molar-refractivity contribution in [3.05, 3.63) is 29.1 Å². The smallest absolute Gasteiger partial charge is 0.191 e. The molecule has 1 aromatic rings. The molecule has 0 saturated heterocycles. The van der Waals surface area contributed by atoms with Crippen LogP contribution in [0.15, 0.2) is 17.1 Å². The average molecular weight is 363 g/mol. The highest BCUT2D eigenvalue weighted by molar-refractivity contribution is 5.79. The molecule has 1 aliphatic carbocycles. The highest BCUT2D eigenvalue weighted by Crippen LogP contribution is 2.43. The summed E-state index contributed by atoms with van der Waals surface area (Å²) in [5.74, 6) is 1.35. The number of hydrogen-bond acceptors (Lipinski definition) is 3. The average Bonchev–Trinajstić information content (AvgIpc) is 2.61. The molecule has 5 nitrogen and oxygen atoms in total. The van der Waals surface area contributed by atoms with E-state index in [2.05, 4.69) is 24.5 Å². The summed E-state index contributed by atoms with van der Waals surface area (Å²) in [5.41, 5.74) is 2.05. The van der Waals surface area contributed by atoms with Crippen molar-refractivity contribution in [1.82, 2.24) is 10.6 Å². The number of guanidine groups is 1. The van der Waals surface area contributed by atoms with Crippen LogP contribution in [0.2, 0.25) is 0 Å². The van der Waals surface area contributed by atoms with Gasteiger partial charge in [-0.05, 0) is 55.7 Å². The molecule has 0 radical (unpaired) electrons. The molecule has 0 aromatic heterocycles. The van der Waals surface area contributed by atoms with Crippen LogP contribution in [-0.2, 0) is 17.8 Å². The van der Waals surface area contributed by atoms with Gasteiger partial charge >= 0.3 is 0 Å². The molecule has 0 amide bonds. The van der Waals surface area contributed by atoms with Crippen LogP contribution in [0, 0.1) is 11.2 Å². The minimum Gasteiger partial charge on any atom is -0.467 e. The van der Waals surface area contributed by atoms with Crippen molar-refractivity contribution in [3.63, 3.8) is 0 Å². The summed E-state index contributed by atoms with van der Waals surface area (Å²) in [6.45, 7) is 7.30.